The van der Waals surface area contributed by atoms with E-state index < -0.39 is 5.97 Å². The molecule has 134 valence electrons. The molecule has 1 aromatic rings. The summed E-state index contributed by atoms with van der Waals surface area (Å²) in [6.07, 6.45) is 0.747. The summed E-state index contributed by atoms with van der Waals surface area (Å²) < 4.78 is 20.7. The molecule has 0 saturated carbocycles. The summed E-state index contributed by atoms with van der Waals surface area (Å²) in [5, 5.41) is 0. The molecule has 7 nitrogen and oxygen atoms in total. The Kier molecular flexibility index (Phi) is 7.88. The Hall–Kier alpha value is -2.44. The Labute approximate surface area is 142 Å². The van der Waals surface area contributed by atoms with Gasteiger partial charge >= 0.3 is 5.97 Å². The number of carbonyl (C=O) groups is 2. The number of amides is 1. The number of carbonyl (C=O) groups excluding carboxylic acids is 2. The molecule has 0 aromatic heterocycles. The first-order chi connectivity index (χ1) is 11.5. The zero-order valence-corrected chi connectivity index (χ0v) is 14.9. The minimum Gasteiger partial charge on any atom is -0.493 e. The van der Waals surface area contributed by atoms with Crippen LogP contribution >= 0.6 is 0 Å². The molecule has 0 aliphatic carbocycles. The van der Waals surface area contributed by atoms with Gasteiger partial charge in [0.25, 0.3) is 0 Å². The van der Waals surface area contributed by atoms with Gasteiger partial charge in [-0.25, -0.2) is 0 Å². The Bertz CT molecular complexity index is 547. The van der Waals surface area contributed by atoms with E-state index in [0.29, 0.717) is 30.3 Å². The van der Waals surface area contributed by atoms with Crippen LogP contribution < -0.4 is 14.2 Å². The lowest BCUT2D eigenvalue weighted by Crippen LogP contribution is -2.33. The number of hydrogen-bond donors (Lipinski definition) is 0. The molecule has 0 unspecified atom stereocenters. The number of likely N-dealkylation sites (N-methyl/N-ethyl adjacent to an activating group) is 1. The molecule has 0 radical (unpaired) electrons. The maximum Gasteiger partial charge on any atom is 0.325 e. The number of nitrogens with zero attached hydrogens (tertiary/aromatic N) is 1. The smallest absolute Gasteiger partial charge is 0.325 e. The monoisotopic (exact) mass is 339 g/mol. The van der Waals surface area contributed by atoms with Crippen LogP contribution in [0.3, 0.4) is 0 Å². The quantitative estimate of drug-likeness (QED) is 0.637. The molecule has 0 heterocycles. The Morgan fingerprint density at radius 1 is 1.04 bits per heavy atom. The van der Waals surface area contributed by atoms with E-state index in [2.05, 4.69) is 0 Å². The summed E-state index contributed by atoms with van der Waals surface area (Å²) in [6, 6.07) is 3.61. The third kappa shape index (κ3) is 5.33. The van der Waals surface area contributed by atoms with Gasteiger partial charge in [0.15, 0.2) is 11.5 Å². The van der Waals surface area contributed by atoms with Gasteiger partial charge in [-0.15, -0.1) is 0 Å². The van der Waals surface area contributed by atoms with Crippen molar-refractivity contribution in [1.29, 1.82) is 0 Å². The van der Waals surface area contributed by atoms with Crippen LogP contribution in [0.4, 0.5) is 0 Å². The molecule has 0 aliphatic rings. The van der Waals surface area contributed by atoms with E-state index in [1.807, 2.05) is 0 Å². The van der Waals surface area contributed by atoms with E-state index in [0.717, 1.165) is 5.56 Å². The molecular weight excluding hydrogens is 314 g/mol. The third-order valence-electron chi connectivity index (χ3n) is 3.45. The topological polar surface area (TPSA) is 74.3 Å². The number of esters is 1. The predicted molar refractivity (Wildman–Crippen MR) is 88.7 cm³/mol. The average Bonchev–Trinajstić information content (AvgIpc) is 2.58. The Balaban J connectivity index is 2.73. The molecule has 0 bridgehead atoms. The van der Waals surface area contributed by atoms with Gasteiger partial charge in [-0.3, -0.25) is 9.59 Å². The highest BCUT2D eigenvalue weighted by Crippen LogP contribution is 2.38. The minimum absolute atomic E-state index is 0.0536. The summed E-state index contributed by atoms with van der Waals surface area (Å²) >= 11 is 0. The van der Waals surface area contributed by atoms with Crippen LogP contribution in [-0.4, -0.2) is 58.3 Å². The largest absolute Gasteiger partial charge is 0.493 e. The fourth-order valence-electron chi connectivity index (χ4n) is 2.21. The number of ether oxygens (including phenoxy) is 4. The van der Waals surface area contributed by atoms with Crippen molar-refractivity contribution in [2.75, 3.05) is 41.5 Å². The SMILES string of the molecule is CCOC(=O)CN(C)C(=O)CCc1cc(OC)c(OC)c(OC)c1. The fraction of sp³-hybridized carbons (Fsp3) is 0.529. The number of hydrogen-bond acceptors (Lipinski definition) is 6. The van der Waals surface area contributed by atoms with Gasteiger partial charge < -0.3 is 23.8 Å². The normalized spacial score (nSPS) is 10.0. The van der Waals surface area contributed by atoms with Gasteiger partial charge in [0, 0.05) is 13.5 Å². The van der Waals surface area contributed by atoms with Crippen LogP contribution in [-0.2, 0) is 20.7 Å². The summed E-state index contributed by atoms with van der Waals surface area (Å²) in [5.74, 6) is 1.03. The van der Waals surface area contributed by atoms with Crippen molar-refractivity contribution < 1.29 is 28.5 Å². The van der Waals surface area contributed by atoms with Crippen LogP contribution in [0.15, 0.2) is 12.1 Å². The van der Waals surface area contributed by atoms with E-state index in [9.17, 15) is 9.59 Å². The van der Waals surface area contributed by atoms with Gasteiger partial charge in [-0.1, -0.05) is 0 Å². The van der Waals surface area contributed by atoms with Crippen molar-refractivity contribution >= 4 is 11.9 Å². The van der Waals surface area contributed by atoms with E-state index in [1.165, 1.54) is 12.0 Å². The number of benzene rings is 1. The first-order valence-corrected chi connectivity index (χ1v) is 7.65. The molecule has 1 aromatic carbocycles. The Morgan fingerprint density at radius 2 is 1.62 bits per heavy atom. The average molecular weight is 339 g/mol. The predicted octanol–water partition coefficient (Wildman–Crippen LogP) is 1.67. The van der Waals surface area contributed by atoms with Gasteiger partial charge in [0.05, 0.1) is 27.9 Å². The first kappa shape index (κ1) is 19.6. The lowest BCUT2D eigenvalue weighted by molar-refractivity contribution is -0.148. The van der Waals surface area contributed by atoms with E-state index in [1.54, 1.807) is 40.3 Å². The summed E-state index contributed by atoms with van der Waals surface area (Å²) in [6.45, 7) is 1.97. The van der Waals surface area contributed by atoms with Crippen molar-refractivity contribution in [3.8, 4) is 17.2 Å². The van der Waals surface area contributed by atoms with Crippen molar-refractivity contribution in [1.82, 2.24) is 4.90 Å². The molecule has 1 amide bonds. The summed E-state index contributed by atoms with van der Waals surface area (Å²) in [7, 11) is 6.20. The first-order valence-electron chi connectivity index (χ1n) is 7.65. The molecule has 24 heavy (non-hydrogen) atoms. The van der Waals surface area contributed by atoms with Crippen LogP contribution in [0.2, 0.25) is 0 Å². The van der Waals surface area contributed by atoms with Crippen molar-refractivity contribution in [2.45, 2.75) is 19.8 Å². The van der Waals surface area contributed by atoms with E-state index in [4.69, 9.17) is 18.9 Å². The molecule has 7 heteroatoms. The van der Waals surface area contributed by atoms with Crippen LogP contribution in [0.1, 0.15) is 18.9 Å². The van der Waals surface area contributed by atoms with E-state index >= 15 is 0 Å². The fourth-order valence-corrected chi connectivity index (χ4v) is 2.21. The summed E-state index contributed by atoms with van der Waals surface area (Å²) in [4.78, 5) is 24.9. The van der Waals surface area contributed by atoms with Crippen LogP contribution in [0, 0.1) is 0 Å². The highest BCUT2D eigenvalue weighted by molar-refractivity contribution is 5.82. The van der Waals surface area contributed by atoms with Gasteiger partial charge in [-0.05, 0) is 31.0 Å². The zero-order valence-electron chi connectivity index (χ0n) is 14.9. The molecule has 0 N–H and O–H groups in total. The highest BCUT2D eigenvalue weighted by atomic mass is 16.5. The molecule has 0 fully saturated rings. The standard InChI is InChI=1S/C17H25NO6/c1-6-24-16(20)11-18(2)15(19)8-7-12-9-13(21-3)17(23-5)14(10-12)22-4/h9-10H,6-8,11H2,1-5H3. The summed E-state index contributed by atoms with van der Waals surface area (Å²) in [5.41, 5.74) is 0.877. The maximum atomic E-state index is 12.1. The zero-order chi connectivity index (χ0) is 18.1. The molecule has 0 spiro atoms. The second kappa shape index (κ2) is 9.64. The molecule has 1 rings (SSSR count). The van der Waals surface area contributed by atoms with Crippen molar-refractivity contribution in [3.05, 3.63) is 17.7 Å². The van der Waals surface area contributed by atoms with Gasteiger partial charge in [0.2, 0.25) is 11.7 Å². The third-order valence-corrected chi connectivity index (χ3v) is 3.45. The van der Waals surface area contributed by atoms with Crippen LogP contribution in [0.25, 0.3) is 0 Å². The van der Waals surface area contributed by atoms with Crippen molar-refractivity contribution in [3.63, 3.8) is 0 Å². The lowest BCUT2D eigenvalue weighted by atomic mass is 10.1. The molecule has 0 aliphatic heterocycles. The number of methoxy groups -OCH3 is 3. The molecule has 0 saturated heterocycles. The Morgan fingerprint density at radius 3 is 2.08 bits per heavy atom. The van der Waals surface area contributed by atoms with Crippen molar-refractivity contribution in [2.24, 2.45) is 0 Å². The van der Waals surface area contributed by atoms with E-state index in [-0.39, 0.29) is 18.9 Å². The highest BCUT2D eigenvalue weighted by Gasteiger charge is 2.16. The molecule has 0 atom stereocenters. The maximum absolute atomic E-state index is 12.1. The molecular formula is C17H25NO6. The van der Waals surface area contributed by atoms with Crippen LogP contribution in [0.5, 0.6) is 17.2 Å². The second-order valence-corrected chi connectivity index (χ2v) is 5.09. The number of rotatable bonds is 9. The second-order valence-electron chi connectivity index (χ2n) is 5.09. The van der Waals surface area contributed by atoms with Gasteiger partial charge in [-0.2, -0.15) is 0 Å². The van der Waals surface area contributed by atoms with Gasteiger partial charge in [0.1, 0.15) is 6.54 Å². The minimum atomic E-state index is -0.416. The number of aryl methyl sites for hydroxylation is 1. The lowest BCUT2D eigenvalue weighted by Gasteiger charge is -2.17.